The van der Waals surface area contributed by atoms with Crippen molar-refractivity contribution >= 4 is 15.7 Å². The van der Waals surface area contributed by atoms with Crippen LogP contribution in [0.5, 0.6) is 0 Å². The second-order valence-electron chi connectivity index (χ2n) is 5.44. The molecule has 0 atom stereocenters. The van der Waals surface area contributed by atoms with Crippen LogP contribution in [0.1, 0.15) is 32.1 Å². The number of para-hydroxylation sites is 1. The van der Waals surface area contributed by atoms with Gasteiger partial charge in [-0.05, 0) is 30.9 Å². The van der Waals surface area contributed by atoms with E-state index >= 15 is 0 Å². The van der Waals surface area contributed by atoms with E-state index in [9.17, 15) is 12.8 Å². The van der Waals surface area contributed by atoms with Crippen LogP contribution in [0.3, 0.4) is 0 Å². The number of hydrogen-bond acceptors (Lipinski definition) is 3. The maximum absolute atomic E-state index is 13.4. The summed E-state index contributed by atoms with van der Waals surface area (Å²) in [6.45, 7) is 0.471. The van der Waals surface area contributed by atoms with Crippen molar-refractivity contribution in [2.24, 2.45) is 5.92 Å². The van der Waals surface area contributed by atoms with E-state index < -0.39 is 15.8 Å². The molecule has 6 heteroatoms. The molecule has 20 heavy (non-hydrogen) atoms. The van der Waals surface area contributed by atoms with Crippen molar-refractivity contribution in [3.05, 3.63) is 24.0 Å². The molecule has 2 rings (SSSR count). The summed E-state index contributed by atoms with van der Waals surface area (Å²) in [5.41, 5.74) is 5.26. The third-order valence-electron chi connectivity index (χ3n) is 3.94. The summed E-state index contributed by atoms with van der Waals surface area (Å²) in [5.74, 6) is -0.310. The Morgan fingerprint density at radius 3 is 2.60 bits per heavy atom. The quantitative estimate of drug-likeness (QED) is 0.869. The van der Waals surface area contributed by atoms with E-state index in [4.69, 9.17) is 5.73 Å². The highest BCUT2D eigenvalue weighted by Gasteiger charge is 2.27. The minimum Gasteiger partial charge on any atom is -0.395 e. The molecule has 0 heterocycles. The molecule has 1 aliphatic carbocycles. The highest BCUT2D eigenvalue weighted by molar-refractivity contribution is 7.89. The van der Waals surface area contributed by atoms with Gasteiger partial charge in [-0.25, -0.2) is 17.1 Å². The first kappa shape index (κ1) is 15.3. The Morgan fingerprint density at radius 2 is 1.95 bits per heavy atom. The van der Waals surface area contributed by atoms with Gasteiger partial charge in [0.2, 0.25) is 10.0 Å². The zero-order valence-corrected chi connectivity index (χ0v) is 12.5. The number of nitrogens with two attached hydrogens (primary N) is 1. The van der Waals surface area contributed by atoms with E-state index in [0.29, 0.717) is 12.5 Å². The molecule has 0 aromatic heterocycles. The maximum Gasteiger partial charge on any atom is 0.244 e. The summed E-state index contributed by atoms with van der Waals surface area (Å²) in [4.78, 5) is -0.143. The first-order valence-corrected chi connectivity index (χ1v) is 8.37. The molecule has 0 bridgehead atoms. The molecule has 1 aromatic carbocycles. The van der Waals surface area contributed by atoms with Gasteiger partial charge in [0.1, 0.15) is 10.7 Å². The van der Waals surface area contributed by atoms with Crippen molar-refractivity contribution in [3.8, 4) is 0 Å². The van der Waals surface area contributed by atoms with E-state index in [1.54, 1.807) is 0 Å². The predicted molar refractivity (Wildman–Crippen MR) is 77.2 cm³/mol. The van der Waals surface area contributed by atoms with Crippen molar-refractivity contribution in [2.45, 2.75) is 37.0 Å². The fraction of sp³-hybridized carbons (Fsp3) is 0.571. The highest BCUT2D eigenvalue weighted by atomic mass is 32.2. The molecule has 0 unspecified atom stereocenters. The van der Waals surface area contributed by atoms with Crippen LogP contribution >= 0.6 is 0 Å². The average molecular weight is 300 g/mol. The first-order valence-electron chi connectivity index (χ1n) is 6.93. The zero-order valence-electron chi connectivity index (χ0n) is 11.7. The number of rotatable bonds is 4. The number of benzene rings is 1. The van der Waals surface area contributed by atoms with E-state index in [0.717, 1.165) is 31.7 Å². The number of halogens is 1. The Kier molecular flexibility index (Phi) is 4.65. The first-order chi connectivity index (χ1) is 9.43. The van der Waals surface area contributed by atoms with Crippen LogP contribution < -0.4 is 5.73 Å². The van der Waals surface area contributed by atoms with Gasteiger partial charge >= 0.3 is 0 Å². The second kappa shape index (κ2) is 6.10. The molecule has 4 nitrogen and oxygen atoms in total. The Morgan fingerprint density at radius 1 is 1.30 bits per heavy atom. The topological polar surface area (TPSA) is 63.4 Å². The van der Waals surface area contributed by atoms with Gasteiger partial charge in [-0.3, -0.25) is 0 Å². The third kappa shape index (κ3) is 3.12. The normalized spacial score (nSPS) is 17.6. The van der Waals surface area contributed by atoms with Crippen LogP contribution in [-0.2, 0) is 10.0 Å². The summed E-state index contributed by atoms with van der Waals surface area (Å²) < 4.78 is 39.6. The summed E-state index contributed by atoms with van der Waals surface area (Å²) >= 11 is 0. The fourth-order valence-corrected chi connectivity index (χ4v) is 4.11. The lowest BCUT2D eigenvalue weighted by atomic mass is 9.89. The molecule has 0 radical (unpaired) electrons. The van der Waals surface area contributed by atoms with Crippen molar-refractivity contribution in [1.29, 1.82) is 0 Å². The van der Waals surface area contributed by atoms with Gasteiger partial charge < -0.3 is 5.73 Å². The van der Waals surface area contributed by atoms with Crippen LogP contribution in [0, 0.1) is 11.7 Å². The zero-order chi connectivity index (χ0) is 14.8. The van der Waals surface area contributed by atoms with Gasteiger partial charge in [0.15, 0.2) is 0 Å². The van der Waals surface area contributed by atoms with Crippen LogP contribution in [-0.4, -0.2) is 26.3 Å². The van der Waals surface area contributed by atoms with Crippen molar-refractivity contribution in [1.82, 2.24) is 4.31 Å². The molecule has 0 amide bonds. The SMILES string of the molecule is CN(CC1CCCCC1)S(=O)(=O)c1cccc(F)c1N. The number of anilines is 1. The van der Waals surface area contributed by atoms with E-state index in [1.165, 1.54) is 29.9 Å². The summed E-state index contributed by atoms with van der Waals surface area (Å²) in [6.07, 6.45) is 5.64. The Hall–Kier alpha value is -1.14. The molecule has 1 aromatic rings. The number of sulfonamides is 1. The Labute approximate surface area is 119 Å². The lowest BCUT2D eigenvalue weighted by Crippen LogP contribution is -2.33. The van der Waals surface area contributed by atoms with E-state index in [1.807, 2.05) is 0 Å². The van der Waals surface area contributed by atoms with Gasteiger partial charge in [-0.2, -0.15) is 0 Å². The minimum atomic E-state index is -3.72. The fourth-order valence-electron chi connectivity index (χ4n) is 2.74. The molecule has 0 aliphatic heterocycles. The highest BCUT2D eigenvalue weighted by Crippen LogP contribution is 2.28. The minimum absolute atomic E-state index is 0.143. The van der Waals surface area contributed by atoms with Gasteiger partial charge in [0.25, 0.3) is 0 Å². The number of nitrogens with zero attached hydrogens (tertiary/aromatic N) is 1. The molecule has 1 saturated carbocycles. The van der Waals surface area contributed by atoms with Crippen LogP contribution in [0.2, 0.25) is 0 Å². The van der Waals surface area contributed by atoms with Crippen molar-refractivity contribution in [3.63, 3.8) is 0 Å². The van der Waals surface area contributed by atoms with Crippen molar-refractivity contribution < 1.29 is 12.8 Å². The Bertz CT molecular complexity index is 569. The average Bonchev–Trinajstić information content (AvgIpc) is 2.42. The van der Waals surface area contributed by atoms with Crippen LogP contribution in [0.15, 0.2) is 23.1 Å². The predicted octanol–water partition coefficient (Wildman–Crippen LogP) is 2.61. The van der Waals surface area contributed by atoms with Gasteiger partial charge in [0.05, 0.1) is 5.69 Å². The second-order valence-corrected chi connectivity index (χ2v) is 7.45. The standard InChI is InChI=1S/C14H21FN2O2S/c1-17(10-11-6-3-2-4-7-11)20(18,19)13-9-5-8-12(15)14(13)16/h5,8-9,11H,2-4,6-7,10,16H2,1H3. The molecular formula is C14H21FN2O2S. The summed E-state index contributed by atoms with van der Waals surface area (Å²) in [5, 5.41) is 0. The summed E-state index contributed by atoms with van der Waals surface area (Å²) in [7, 11) is -2.19. The van der Waals surface area contributed by atoms with Gasteiger partial charge in [-0.15, -0.1) is 0 Å². The lowest BCUT2D eigenvalue weighted by molar-refractivity contribution is 0.300. The molecule has 1 fully saturated rings. The smallest absolute Gasteiger partial charge is 0.244 e. The molecule has 0 spiro atoms. The van der Waals surface area contributed by atoms with E-state index in [2.05, 4.69) is 0 Å². The van der Waals surface area contributed by atoms with Gasteiger partial charge in [0, 0.05) is 13.6 Å². The lowest BCUT2D eigenvalue weighted by Gasteiger charge is -2.26. The van der Waals surface area contributed by atoms with E-state index in [-0.39, 0.29) is 10.6 Å². The number of hydrogen-bond donors (Lipinski definition) is 1. The third-order valence-corrected chi connectivity index (χ3v) is 5.82. The number of nitrogen functional groups attached to an aromatic ring is 1. The largest absolute Gasteiger partial charge is 0.395 e. The van der Waals surface area contributed by atoms with Crippen molar-refractivity contribution in [2.75, 3.05) is 19.3 Å². The molecule has 112 valence electrons. The summed E-state index contributed by atoms with van der Waals surface area (Å²) in [6, 6.07) is 3.88. The molecule has 1 aliphatic rings. The van der Waals surface area contributed by atoms with Crippen LogP contribution in [0.25, 0.3) is 0 Å². The monoisotopic (exact) mass is 300 g/mol. The molecule has 2 N–H and O–H groups in total. The maximum atomic E-state index is 13.4. The van der Waals surface area contributed by atoms with Crippen LogP contribution in [0.4, 0.5) is 10.1 Å². The Balaban J connectivity index is 2.18. The molecular weight excluding hydrogens is 279 g/mol. The molecule has 0 saturated heterocycles. The van der Waals surface area contributed by atoms with Gasteiger partial charge in [-0.1, -0.05) is 25.3 Å².